The average molecular weight is 438 g/mol. The van der Waals surface area contributed by atoms with Crippen LogP contribution in [0.1, 0.15) is 31.7 Å². The number of nitrogens with zero attached hydrogens (tertiary/aromatic N) is 4. The summed E-state index contributed by atoms with van der Waals surface area (Å²) < 4.78 is 16.3. The van der Waals surface area contributed by atoms with Crippen LogP contribution in [0.5, 0.6) is 0 Å². The van der Waals surface area contributed by atoms with Crippen molar-refractivity contribution >= 4 is 29.0 Å². The topological polar surface area (TPSA) is 63.1 Å². The highest BCUT2D eigenvalue weighted by molar-refractivity contribution is 7.99. The Morgan fingerprint density at radius 2 is 1.81 bits per heavy atom. The number of aromatic nitrogens is 3. The highest BCUT2D eigenvalue weighted by Gasteiger charge is 2.31. The lowest BCUT2D eigenvalue weighted by Crippen LogP contribution is -2.18. The monoisotopic (exact) mass is 437 g/mol. The number of amides is 1. The molecule has 2 aromatic carbocycles. The molecular formula is C23H24FN5OS. The van der Waals surface area contributed by atoms with Crippen LogP contribution < -0.4 is 10.2 Å². The zero-order valence-corrected chi connectivity index (χ0v) is 17.9. The predicted molar refractivity (Wildman–Crippen MR) is 121 cm³/mol. The first-order valence-electron chi connectivity index (χ1n) is 10.7. The summed E-state index contributed by atoms with van der Waals surface area (Å²) in [5, 5.41) is 12.1. The molecule has 2 aliphatic rings. The lowest BCUT2D eigenvalue weighted by molar-refractivity contribution is -0.113. The molecule has 2 fully saturated rings. The van der Waals surface area contributed by atoms with E-state index in [0.717, 1.165) is 31.6 Å². The molecule has 0 spiro atoms. The molecule has 1 saturated carbocycles. The minimum absolute atomic E-state index is 0.100. The molecule has 0 atom stereocenters. The zero-order valence-electron chi connectivity index (χ0n) is 17.1. The van der Waals surface area contributed by atoms with E-state index >= 15 is 0 Å². The van der Waals surface area contributed by atoms with Crippen molar-refractivity contribution in [1.82, 2.24) is 14.8 Å². The van der Waals surface area contributed by atoms with Crippen LogP contribution in [0.25, 0.3) is 11.4 Å². The van der Waals surface area contributed by atoms with Gasteiger partial charge in [0.05, 0.1) is 11.3 Å². The third-order valence-corrected chi connectivity index (χ3v) is 6.59. The molecule has 31 heavy (non-hydrogen) atoms. The number of hydrogen-bond acceptors (Lipinski definition) is 5. The summed E-state index contributed by atoms with van der Waals surface area (Å²) >= 11 is 1.33. The first-order valence-corrected chi connectivity index (χ1v) is 11.6. The van der Waals surface area contributed by atoms with Gasteiger partial charge in [0.25, 0.3) is 0 Å². The number of rotatable bonds is 7. The number of anilines is 2. The third kappa shape index (κ3) is 4.44. The van der Waals surface area contributed by atoms with Crippen molar-refractivity contribution in [3.63, 3.8) is 0 Å². The normalized spacial score (nSPS) is 16.0. The number of hydrogen-bond donors (Lipinski definition) is 1. The fourth-order valence-electron chi connectivity index (χ4n) is 3.92. The Kier molecular flexibility index (Phi) is 5.63. The van der Waals surface area contributed by atoms with Crippen molar-refractivity contribution in [3.8, 4) is 11.4 Å². The van der Waals surface area contributed by atoms with Gasteiger partial charge in [-0.05, 0) is 62.1 Å². The van der Waals surface area contributed by atoms with Gasteiger partial charge in [-0.15, -0.1) is 10.2 Å². The molecule has 1 saturated heterocycles. The molecule has 1 amide bonds. The lowest BCUT2D eigenvalue weighted by Gasteiger charge is -2.17. The van der Waals surface area contributed by atoms with Crippen LogP contribution in [0.2, 0.25) is 0 Å². The molecule has 2 heterocycles. The molecule has 1 aliphatic heterocycles. The van der Waals surface area contributed by atoms with Crippen molar-refractivity contribution in [2.75, 3.05) is 29.1 Å². The summed E-state index contributed by atoms with van der Waals surface area (Å²) in [6.45, 7) is 2.19. The first-order chi connectivity index (χ1) is 15.2. The summed E-state index contributed by atoms with van der Waals surface area (Å²) in [6.07, 6.45) is 4.50. The second-order valence-corrected chi connectivity index (χ2v) is 8.91. The van der Waals surface area contributed by atoms with Gasteiger partial charge in [0.15, 0.2) is 11.0 Å². The number of thioether (sulfide) groups is 1. The summed E-state index contributed by atoms with van der Waals surface area (Å²) in [5.74, 6) is 0.330. The Balaban J connectivity index is 1.24. The van der Waals surface area contributed by atoms with Crippen LogP contribution in [0.3, 0.4) is 0 Å². The van der Waals surface area contributed by atoms with E-state index in [0.29, 0.717) is 16.5 Å². The van der Waals surface area contributed by atoms with E-state index in [1.54, 1.807) is 18.2 Å². The molecule has 0 bridgehead atoms. The molecule has 0 radical (unpaired) electrons. The van der Waals surface area contributed by atoms with Gasteiger partial charge in [-0.2, -0.15) is 0 Å². The highest BCUT2D eigenvalue weighted by atomic mass is 32.2. The van der Waals surface area contributed by atoms with E-state index < -0.39 is 0 Å². The fraction of sp³-hybridized carbons (Fsp3) is 0.348. The number of nitrogens with one attached hydrogen (secondary N) is 1. The van der Waals surface area contributed by atoms with E-state index in [2.05, 4.69) is 32.5 Å². The minimum Gasteiger partial charge on any atom is -0.372 e. The van der Waals surface area contributed by atoms with Crippen LogP contribution in [0, 0.1) is 5.82 Å². The largest absolute Gasteiger partial charge is 0.372 e. The quantitative estimate of drug-likeness (QED) is 0.541. The second-order valence-electron chi connectivity index (χ2n) is 7.97. The smallest absolute Gasteiger partial charge is 0.234 e. The molecule has 0 unspecified atom stereocenters. The Labute approximate surface area is 184 Å². The van der Waals surface area contributed by atoms with E-state index in [-0.39, 0.29) is 23.5 Å². The number of halogens is 1. The van der Waals surface area contributed by atoms with Gasteiger partial charge < -0.3 is 10.2 Å². The molecular weight excluding hydrogens is 413 g/mol. The van der Waals surface area contributed by atoms with Crippen molar-refractivity contribution in [2.24, 2.45) is 0 Å². The van der Waals surface area contributed by atoms with E-state index in [9.17, 15) is 9.18 Å². The molecule has 160 valence electrons. The SMILES string of the molecule is O=C(CSc1nnc(-c2ccccc2F)n1C1CC1)Nc1ccc(N2CCCC2)cc1. The van der Waals surface area contributed by atoms with Crippen molar-refractivity contribution in [1.29, 1.82) is 0 Å². The van der Waals surface area contributed by atoms with E-state index in [1.165, 1.54) is 36.4 Å². The number of carbonyl (C=O) groups is 1. The predicted octanol–water partition coefficient (Wildman–Crippen LogP) is 4.75. The maximum absolute atomic E-state index is 14.3. The first kappa shape index (κ1) is 20.1. The standard InChI is InChI=1S/C23H24FN5OS/c24-20-6-2-1-5-19(20)22-26-27-23(29(22)18-11-12-18)31-15-21(30)25-16-7-9-17(10-8-16)28-13-3-4-14-28/h1-2,5-10,18H,3-4,11-15H2,(H,25,30). The lowest BCUT2D eigenvalue weighted by atomic mass is 10.2. The van der Waals surface area contributed by atoms with Crippen molar-refractivity contribution in [2.45, 2.75) is 36.9 Å². The molecule has 1 aromatic heterocycles. The van der Waals surface area contributed by atoms with E-state index in [4.69, 9.17) is 0 Å². The highest BCUT2D eigenvalue weighted by Crippen LogP contribution is 2.41. The molecule has 8 heteroatoms. The van der Waals surface area contributed by atoms with E-state index in [1.807, 2.05) is 16.7 Å². The minimum atomic E-state index is -0.316. The number of benzene rings is 2. The van der Waals surface area contributed by atoms with Crippen LogP contribution in [-0.2, 0) is 4.79 Å². The second kappa shape index (κ2) is 8.70. The summed E-state index contributed by atoms with van der Waals surface area (Å²) in [7, 11) is 0. The van der Waals surface area contributed by atoms with Gasteiger partial charge in [-0.1, -0.05) is 23.9 Å². The average Bonchev–Trinajstić information content (AvgIpc) is 3.30. The van der Waals surface area contributed by atoms with Crippen LogP contribution >= 0.6 is 11.8 Å². The van der Waals surface area contributed by atoms with Crippen LogP contribution in [0.15, 0.2) is 53.7 Å². The molecule has 5 rings (SSSR count). The van der Waals surface area contributed by atoms with Gasteiger partial charge in [0, 0.05) is 30.5 Å². The molecule has 3 aromatic rings. The van der Waals surface area contributed by atoms with Gasteiger partial charge in [0.2, 0.25) is 5.91 Å². The zero-order chi connectivity index (χ0) is 21.2. The van der Waals surface area contributed by atoms with Gasteiger partial charge in [-0.25, -0.2) is 4.39 Å². The van der Waals surface area contributed by atoms with Crippen molar-refractivity contribution in [3.05, 3.63) is 54.3 Å². The van der Waals surface area contributed by atoms with Gasteiger partial charge in [-0.3, -0.25) is 9.36 Å². The summed E-state index contributed by atoms with van der Waals surface area (Å²) in [6, 6.07) is 14.9. The van der Waals surface area contributed by atoms with Crippen molar-refractivity contribution < 1.29 is 9.18 Å². The Morgan fingerprint density at radius 1 is 1.06 bits per heavy atom. The molecule has 1 N–H and O–H groups in total. The maximum atomic E-state index is 14.3. The van der Waals surface area contributed by atoms with Crippen LogP contribution in [0.4, 0.5) is 15.8 Å². The summed E-state index contributed by atoms with van der Waals surface area (Å²) in [4.78, 5) is 14.9. The Hall–Kier alpha value is -2.87. The number of carbonyl (C=O) groups excluding carboxylic acids is 1. The van der Waals surface area contributed by atoms with Gasteiger partial charge >= 0.3 is 0 Å². The Morgan fingerprint density at radius 3 is 2.52 bits per heavy atom. The maximum Gasteiger partial charge on any atom is 0.234 e. The Bertz CT molecular complexity index is 1070. The fourth-order valence-corrected chi connectivity index (χ4v) is 4.73. The molecule has 6 nitrogen and oxygen atoms in total. The third-order valence-electron chi connectivity index (χ3n) is 5.65. The van der Waals surface area contributed by atoms with Gasteiger partial charge in [0.1, 0.15) is 5.82 Å². The summed E-state index contributed by atoms with van der Waals surface area (Å²) in [5.41, 5.74) is 2.42. The van der Waals surface area contributed by atoms with Crippen LogP contribution in [-0.4, -0.2) is 39.5 Å². The molecule has 1 aliphatic carbocycles.